The van der Waals surface area contributed by atoms with E-state index in [0.717, 1.165) is 31.0 Å². The van der Waals surface area contributed by atoms with Crippen molar-refractivity contribution in [1.82, 2.24) is 24.9 Å². The Hall–Kier alpha value is -5.90. The van der Waals surface area contributed by atoms with Gasteiger partial charge in [0.25, 0.3) is 11.8 Å². The first-order valence-electron chi connectivity index (χ1n) is 18.3. The van der Waals surface area contributed by atoms with Crippen molar-refractivity contribution >= 4 is 39.6 Å². The zero-order valence-corrected chi connectivity index (χ0v) is 29.9. The van der Waals surface area contributed by atoms with Gasteiger partial charge in [0, 0.05) is 37.6 Å². The van der Waals surface area contributed by atoms with Crippen molar-refractivity contribution in [3.05, 3.63) is 89.4 Å². The van der Waals surface area contributed by atoms with Crippen LogP contribution in [0.2, 0.25) is 0 Å². The van der Waals surface area contributed by atoms with Crippen molar-refractivity contribution in [2.75, 3.05) is 26.3 Å². The number of pyridine rings is 1. The summed E-state index contributed by atoms with van der Waals surface area (Å²) in [5, 5.41) is 0.892. The standard InChI is InChI=1S/C40H35F4N5O7/c41-25-18-40(14-6-15-48(40)20-25)22-55-38-46-36-28(37(47-38)54-21-23-7-2-1-3-8-23)19-45-35(34(36)44)27-10-4-9-24-17-29(42)33(43)26(32(24)27)11-5-16-53-39(52)56-49-30(50)12-13-31(49)51/h1-4,7-10,17,19,25H,5-6,11-16,18,20-22H2/t25-,40+/m1/s1. The van der Waals surface area contributed by atoms with E-state index in [1.807, 2.05) is 30.3 Å². The van der Waals surface area contributed by atoms with Crippen molar-refractivity contribution in [2.24, 2.45) is 0 Å². The fraction of sp³-hybridized carbons (Fsp3) is 0.350. The third-order valence-electron chi connectivity index (χ3n) is 10.5. The molecular formula is C40H35F4N5O7. The maximum atomic E-state index is 16.9. The molecule has 16 heteroatoms. The van der Waals surface area contributed by atoms with E-state index in [-0.39, 0.29) is 95.9 Å². The van der Waals surface area contributed by atoms with E-state index in [1.165, 1.54) is 12.3 Å². The summed E-state index contributed by atoms with van der Waals surface area (Å²) in [6, 6.07) is 14.7. The Morgan fingerprint density at radius 1 is 0.964 bits per heavy atom. The normalized spacial score (nSPS) is 19.6. The molecule has 0 aliphatic carbocycles. The van der Waals surface area contributed by atoms with Gasteiger partial charge in [0.15, 0.2) is 17.5 Å². The van der Waals surface area contributed by atoms with E-state index in [4.69, 9.17) is 14.2 Å². The summed E-state index contributed by atoms with van der Waals surface area (Å²) in [5.41, 5.74) is -0.104. The number of carbonyl (C=O) groups is 3. The highest BCUT2D eigenvalue weighted by atomic mass is 19.2. The Morgan fingerprint density at radius 2 is 1.77 bits per heavy atom. The van der Waals surface area contributed by atoms with E-state index >= 15 is 8.78 Å². The predicted octanol–water partition coefficient (Wildman–Crippen LogP) is 6.95. The Morgan fingerprint density at radius 3 is 2.57 bits per heavy atom. The van der Waals surface area contributed by atoms with Gasteiger partial charge in [0.2, 0.25) is 5.88 Å². The van der Waals surface area contributed by atoms with E-state index < -0.39 is 47.1 Å². The minimum absolute atomic E-state index is 0.00563. The highest BCUT2D eigenvalue weighted by Gasteiger charge is 2.49. The van der Waals surface area contributed by atoms with Crippen molar-refractivity contribution in [2.45, 2.75) is 63.3 Å². The molecule has 0 unspecified atom stereocenters. The molecule has 3 aliphatic heterocycles. The summed E-state index contributed by atoms with van der Waals surface area (Å²) >= 11 is 0. The lowest BCUT2D eigenvalue weighted by molar-refractivity contribution is -0.177. The minimum atomic E-state index is -1.31. The van der Waals surface area contributed by atoms with Gasteiger partial charge in [-0.3, -0.25) is 24.3 Å². The number of aryl methyl sites for hydroxylation is 1. The summed E-state index contributed by atoms with van der Waals surface area (Å²) in [4.78, 5) is 55.7. The smallest absolute Gasteiger partial charge is 0.472 e. The molecule has 3 fully saturated rings. The largest absolute Gasteiger partial charge is 0.533 e. The van der Waals surface area contributed by atoms with Crippen LogP contribution in [0.15, 0.2) is 60.8 Å². The number of fused-ring (bicyclic) bond motifs is 3. The third kappa shape index (κ3) is 7.16. The molecule has 2 amide bonds. The van der Waals surface area contributed by atoms with Gasteiger partial charge in [-0.2, -0.15) is 9.97 Å². The average Bonchev–Trinajstić information content (AvgIpc) is 3.83. The number of alkyl halides is 1. The number of amides is 2. The predicted molar refractivity (Wildman–Crippen MR) is 191 cm³/mol. The van der Waals surface area contributed by atoms with Crippen LogP contribution in [0.25, 0.3) is 32.9 Å². The lowest BCUT2D eigenvalue weighted by Gasteiger charge is -2.30. The van der Waals surface area contributed by atoms with E-state index in [0.29, 0.717) is 18.0 Å². The molecule has 3 saturated heterocycles. The van der Waals surface area contributed by atoms with Crippen LogP contribution in [0.3, 0.4) is 0 Å². The number of imide groups is 1. The number of benzene rings is 3. The Balaban J connectivity index is 1.11. The molecule has 2 aromatic heterocycles. The number of carbonyl (C=O) groups excluding carboxylic acids is 3. The molecule has 2 atom stereocenters. The van der Waals surface area contributed by atoms with E-state index in [9.17, 15) is 23.2 Å². The van der Waals surface area contributed by atoms with Gasteiger partial charge in [0.1, 0.15) is 30.6 Å². The molecule has 0 N–H and O–H groups in total. The first-order chi connectivity index (χ1) is 27.1. The van der Waals surface area contributed by atoms with Crippen LogP contribution in [-0.4, -0.2) is 80.9 Å². The fourth-order valence-electron chi connectivity index (χ4n) is 7.82. The van der Waals surface area contributed by atoms with Crippen molar-refractivity contribution < 1.29 is 51.0 Å². The van der Waals surface area contributed by atoms with Gasteiger partial charge in [-0.25, -0.2) is 22.4 Å². The van der Waals surface area contributed by atoms with Gasteiger partial charge in [0.05, 0.1) is 17.5 Å². The molecule has 0 radical (unpaired) electrons. The quantitative estimate of drug-likeness (QED) is 0.0565. The van der Waals surface area contributed by atoms with Crippen LogP contribution in [0.1, 0.15) is 49.7 Å². The number of hydrogen-bond acceptors (Lipinski definition) is 11. The average molecular weight is 774 g/mol. The number of aromatic nitrogens is 3. The first-order valence-corrected chi connectivity index (χ1v) is 18.3. The molecule has 0 saturated carbocycles. The first kappa shape index (κ1) is 37.0. The van der Waals surface area contributed by atoms with Gasteiger partial charge < -0.3 is 14.2 Å². The maximum Gasteiger partial charge on any atom is 0.533 e. The third-order valence-corrected chi connectivity index (χ3v) is 10.5. The zero-order chi connectivity index (χ0) is 39.0. The number of ether oxygens (including phenoxy) is 3. The van der Waals surface area contributed by atoms with Gasteiger partial charge in [-0.15, -0.1) is 0 Å². The Kier molecular flexibility index (Phi) is 10.1. The van der Waals surface area contributed by atoms with Gasteiger partial charge in [-0.1, -0.05) is 53.6 Å². The molecule has 290 valence electrons. The van der Waals surface area contributed by atoms with Crippen LogP contribution in [-0.2, 0) is 32.2 Å². The second-order valence-corrected chi connectivity index (χ2v) is 14.1. The topological polar surface area (TPSA) is 133 Å². The maximum absolute atomic E-state index is 16.9. The van der Waals surface area contributed by atoms with Crippen LogP contribution < -0.4 is 9.47 Å². The van der Waals surface area contributed by atoms with Gasteiger partial charge >= 0.3 is 12.2 Å². The van der Waals surface area contributed by atoms with Crippen LogP contribution in [0.4, 0.5) is 22.4 Å². The molecule has 3 aromatic carbocycles. The molecule has 8 rings (SSSR count). The zero-order valence-electron chi connectivity index (χ0n) is 29.9. The number of rotatable bonds is 12. The monoisotopic (exact) mass is 773 g/mol. The van der Waals surface area contributed by atoms with Crippen molar-refractivity contribution in [3.8, 4) is 23.1 Å². The molecule has 0 bridgehead atoms. The summed E-state index contributed by atoms with van der Waals surface area (Å²) in [6.45, 7) is 0.900. The van der Waals surface area contributed by atoms with E-state index in [2.05, 4.69) is 24.7 Å². The summed E-state index contributed by atoms with van der Waals surface area (Å²) in [6.07, 6.45) is 0.573. The van der Waals surface area contributed by atoms with Crippen molar-refractivity contribution in [3.63, 3.8) is 0 Å². The highest BCUT2D eigenvalue weighted by Crippen LogP contribution is 2.41. The van der Waals surface area contributed by atoms with E-state index in [1.54, 1.807) is 12.1 Å². The molecule has 56 heavy (non-hydrogen) atoms. The SMILES string of the molecule is O=C(OCCCc1c(F)c(F)cc2cccc(-c3ncc4c(OCc5ccccc5)nc(OC[C@@]56CCCN5C[C@H](F)C6)nc4c3F)c12)ON1C(=O)CCC1=O. The number of hydroxylamine groups is 2. The van der Waals surface area contributed by atoms with Gasteiger partial charge in [-0.05, 0) is 60.2 Å². The van der Waals surface area contributed by atoms with Crippen molar-refractivity contribution in [1.29, 1.82) is 0 Å². The second kappa shape index (κ2) is 15.3. The lowest BCUT2D eigenvalue weighted by atomic mass is 9.93. The number of nitrogens with zero attached hydrogens (tertiary/aromatic N) is 5. The Labute approximate surface area is 317 Å². The summed E-state index contributed by atoms with van der Waals surface area (Å²) < 4.78 is 79.1. The van der Waals surface area contributed by atoms with Crippen LogP contribution in [0, 0.1) is 17.5 Å². The molecule has 0 spiro atoms. The molecule has 5 aromatic rings. The highest BCUT2D eigenvalue weighted by molar-refractivity contribution is 6.01. The second-order valence-electron chi connectivity index (χ2n) is 14.1. The fourth-order valence-corrected chi connectivity index (χ4v) is 7.82. The number of hydrogen-bond donors (Lipinski definition) is 0. The molecule has 5 heterocycles. The lowest BCUT2D eigenvalue weighted by Crippen LogP contribution is -2.43. The molecule has 3 aliphatic rings. The molecule has 12 nitrogen and oxygen atoms in total. The van der Waals surface area contributed by atoms with Crippen LogP contribution >= 0.6 is 0 Å². The summed E-state index contributed by atoms with van der Waals surface area (Å²) in [7, 11) is 0. The van der Waals surface area contributed by atoms with Crippen LogP contribution in [0.5, 0.6) is 11.9 Å². The summed E-state index contributed by atoms with van der Waals surface area (Å²) in [5.74, 6) is -4.59. The Bertz CT molecular complexity index is 2340. The minimum Gasteiger partial charge on any atom is -0.472 e. The molecular weight excluding hydrogens is 738 g/mol. The number of halogens is 4.